The Hall–Kier alpha value is -1.05. The zero-order valence-electron chi connectivity index (χ0n) is 12.4. The van der Waals surface area contributed by atoms with Crippen molar-refractivity contribution in [3.05, 3.63) is 10.6 Å². The van der Waals surface area contributed by atoms with Crippen LogP contribution in [-0.4, -0.2) is 71.6 Å². The van der Waals surface area contributed by atoms with Crippen molar-refractivity contribution < 1.29 is 4.79 Å². The van der Waals surface area contributed by atoms with E-state index in [0.717, 1.165) is 45.0 Å². The fourth-order valence-electron chi connectivity index (χ4n) is 2.22. The Morgan fingerprint density at radius 3 is 2.80 bits per heavy atom. The first kappa shape index (κ1) is 15.3. The Kier molecular flexibility index (Phi) is 5.45. The minimum Gasteiger partial charge on any atom is -0.340 e. The van der Waals surface area contributed by atoms with Gasteiger partial charge < -0.3 is 10.2 Å². The lowest BCUT2D eigenvalue weighted by Gasteiger charge is -2.29. The van der Waals surface area contributed by atoms with E-state index in [1.165, 1.54) is 11.5 Å². The van der Waals surface area contributed by atoms with Crippen LogP contribution >= 0.6 is 11.5 Å². The van der Waals surface area contributed by atoms with Crippen molar-refractivity contribution in [2.45, 2.75) is 19.8 Å². The molecule has 0 aromatic carbocycles. The third-order valence-electron chi connectivity index (χ3n) is 3.56. The van der Waals surface area contributed by atoms with Crippen LogP contribution in [-0.2, 0) is 0 Å². The van der Waals surface area contributed by atoms with Crippen LogP contribution in [0.2, 0.25) is 0 Å². The number of nitrogens with zero attached hydrogens (tertiary/aromatic N) is 4. The van der Waals surface area contributed by atoms with Crippen LogP contribution < -0.4 is 5.32 Å². The average Bonchev–Trinajstić information content (AvgIpc) is 2.94. The molecular weight excluding hydrogens is 274 g/mol. The first-order valence-corrected chi connectivity index (χ1v) is 7.87. The van der Waals surface area contributed by atoms with Gasteiger partial charge in [-0.25, -0.2) is 0 Å². The second kappa shape index (κ2) is 7.10. The van der Waals surface area contributed by atoms with Gasteiger partial charge in [-0.1, -0.05) is 18.3 Å². The second-order valence-corrected chi connectivity index (χ2v) is 6.21. The molecule has 0 atom stereocenters. The lowest BCUT2D eigenvalue weighted by Crippen LogP contribution is -2.46. The summed E-state index contributed by atoms with van der Waals surface area (Å²) in [5.74, 6) is 0.271. The van der Waals surface area contributed by atoms with Gasteiger partial charge >= 0.3 is 0 Å². The number of likely N-dealkylation sites (N-methyl/N-ethyl adjacent to an activating group) is 1. The summed E-state index contributed by atoms with van der Waals surface area (Å²) < 4.78 is 3.92. The van der Waals surface area contributed by atoms with Crippen LogP contribution in [0.15, 0.2) is 0 Å². The molecule has 6 nitrogen and oxygen atoms in total. The van der Waals surface area contributed by atoms with Gasteiger partial charge in [-0.3, -0.25) is 9.69 Å². The number of hydrogen-bond donors (Lipinski definition) is 1. The maximum absolute atomic E-state index is 12.4. The minimum absolute atomic E-state index is 0.0406. The molecule has 112 valence electrons. The second-order valence-electron chi connectivity index (χ2n) is 5.46. The van der Waals surface area contributed by atoms with E-state index < -0.39 is 0 Å². The van der Waals surface area contributed by atoms with E-state index in [2.05, 4.69) is 19.8 Å². The van der Waals surface area contributed by atoms with Gasteiger partial charge in [0.25, 0.3) is 5.91 Å². The van der Waals surface area contributed by atoms with E-state index in [1.807, 2.05) is 20.9 Å². The largest absolute Gasteiger partial charge is 0.340 e. The SMILES string of the molecule is CC(C)c1nnsc1C(=O)N(C)CCN1CCNCC1. The molecule has 1 aromatic rings. The number of hydrogen-bond acceptors (Lipinski definition) is 6. The van der Waals surface area contributed by atoms with Crippen molar-refractivity contribution in [1.29, 1.82) is 0 Å². The predicted octanol–water partition coefficient (Wildman–Crippen LogP) is 0.639. The molecule has 1 amide bonds. The Morgan fingerprint density at radius 1 is 1.45 bits per heavy atom. The van der Waals surface area contributed by atoms with E-state index in [4.69, 9.17) is 0 Å². The summed E-state index contributed by atoms with van der Waals surface area (Å²) in [4.78, 5) is 17.3. The van der Waals surface area contributed by atoms with Crippen LogP contribution in [0.3, 0.4) is 0 Å². The molecule has 2 heterocycles. The number of aromatic nitrogens is 2. The number of piperazine rings is 1. The maximum atomic E-state index is 12.4. The summed E-state index contributed by atoms with van der Waals surface area (Å²) >= 11 is 1.20. The van der Waals surface area contributed by atoms with E-state index in [0.29, 0.717) is 4.88 Å². The minimum atomic E-state index is 0.0406. The monoisotopic (exact) mass is 297 g/mol. The summed E-state index contributed by atoms with van der Waals surface area (Å²) in [6, 6.07) is 0. The highest BCUT2D eigenvalue weighted by Gasteiger charge is 2.22. The molecule has 1 fully saturated rings. The topological polar surface area (TPSA) is 61.4 Å². The smallest absolute Gasteiger partial charge is 0.267 e. The van der Waals surface area contributed by atoms with E-state index in [1.54, 1.807) is 4.90 Å². The van der Waals surface area contributed by atoms with Crippen LogP contribution in [0.5, 0.6) is 0 Å². The first-order chi connectivity index (χ1) is 9.59. The van der Waals surface area contributed by atoms with Crippen LogP contribution in [0.1, 0.15) is 35.1 Å². The Bertz CT molecular complexity index is 442. The summed E-state index contributed by atoms with van der Waals surface area (Å²) in [5, 5.41) is 7.40. The molecule has 1 aromatic heterocycles. The van der Waals surface area contributed by atoms with Crippen LogP contribution in [0.25, 0.3) is 0 Å². The van der Waals surface area contributed by atoms with E-state index in [9.17, 15) is 4.79 Å². The molecule has 1 saturated heterocycles. The lowest BCUT2D eigenvalue weighted by atomic mass is 10.1. The fraction of sp³-hybridized carbons (Fsp3) is 0.769. The molecular formula is C13H23N5OS. The Morgan fingerprint density at radius 2 is 2.15 bits per heavy atom. The Balaban J connectivity index is 1.89. The number of carbonyl (C=O) groups is 1. The fourth-order valence-corrected chi connectivity index (χ4v) is 3.04. The van der Waals surface area contributed by atoms with Crippen LogP contribution in [0.4, 0.5) is 0 Å². The summed E-state index contributed by atoms with van der Waals surface area (Å²) in [5.41, 5.74) is 0.814. The van der Waals surface area contributed by atoms with E-state index in [-0.39, 0.29) is 11.8 Å². The maximum Gasteiger partial charge on any atom is 0.267 e. The highest BCUT2D eigenvalue weighted by Crippen LogP contribution is 2.20. The highest BCUT2D eigenvalue weighted by atomic mass is 32.1. The van der Waals surface area contributed by atoms with Gasteiger partial charge in [0.05, 0.1) is 5.69 Å². The van der Waals surface area contributed by atoms with Gasteiger partial charge in [0.2, 0.25) is 0 Å². The van der Waals surface area contributed by atoms with Crippen molar-refractivity contribution >= 4 is 17.4 Å². The quantitative estimate of drug-likeness (QED) is 0.864. The molecule has 0 unspecified atom stereocenters. The predicted molar refractivity (Wildman–Crippen MR) is 80.3 cm³/mol. The number of rotatable bonds is 5. The van der Waals surface area contributed by atoms with Crippen molar-refractivity contribution in [2.24, 2.45) is 0 Å². The average molecular weight is 297 g/mol. The first-order valence-electron chi connectivity index (χ1n) is 7.10. The molecule has 0 aliphatic carbocycles. The molecule has 2 rings (SSSR count). The van der Waals surface area contributed by atoms with E-state index >= 15 is 0 Å². The van der Waals surface area contributed by atoms with Crippen molar-refractivity contribution in [3.8, 4) is 0 Å². The Labute approximate surface area is 124 Å². The summed E-state index contributed by atoms with van der Waals surface area (Å²) in [7, 11) is 1.86. The van der Waals surface area contributed by atoms with Gasteiger partial charge in [0.15, 0.2) is 0 Å². The molecule has 0 saturated carbocycles. The van der Waals surface area contributed by atoms with Crippen molar-refractivity contribution in [3.63, 3.8) is 0 Å². The molecule has 1 aliphatic rings. The van der Waals surface area contributed by atoms with Crippen molar-refractivity contribution in [1.82, 2.24) is 24.7 Å². The van der Waals surface area contributed by atoms with Crippen LogP contribution in [0, 0.1) is 0 Å². The number of amides is 1. The number of carbonyl (C=O) groups excluding carboxylic acids is 1. The summed E-state index contributed by atoms with van der Waals surface area (Å²) in [6.07, 6.45) is 0. The van der Waals surface area contributed by atoms with Gasteiger partial charge in [-0.05, 0) is 17.5 Å². The van der Waals surface area contributed by atoms with Gasteiger partial charge in [-0.2, -0.15) is 0 Å². The third-order valence-corrected chi connectivity index (χ3v) is 4.29. The number of nitrogens with one attached hydrogen (secondary N) is 1. The zero-order valence-corrected chi connectivity index (χ0v) is 13.2. The molecule has 0 radical (unpaired) electrons. The summed E-state index contributed by atoms with van der Waals surface area (Å²) in [6.45, 7) is 9.93. The molecule has 0 bridgehead atoms. The van der Waals surface area contributed by atoms with Crippen molar-refractivity contribution in [2.75, 3.05) is 46.3 Å². The molecule has 7 heteroatoms. The lowest BCUT2D eigenvalue weighted by molar-refractivity contribution is 0.0778. The normalized spacial score (nSPS) is 16.6. The molecule has 1 N–H and O–H groups in total. The zero-order chi connectivity index (χ0) is 14.5. The molecule has 0 spiro atoms. The van der Waals surface area contributed by atoms with Gasteiger partial charge in [-0.15, -0.1) is 5.10 Å². The standard InChI is InChI=1S/C13H23N5OS/c1-10(2)11-12(20-16-15-11)13(19)17(3)8-9-18-6-4-14-5-7-18/h10,14H,4-9H2,1-3H3. The molecule has 20 heavy (non-hydrogen) atoms. The highest BCUT2D eigenvalue weighted by molar-refractivity contribution is 7.08. The van der Waals surface area contributed by atoms with Gasteiger partial charge in [0.1, 0.15) is 4.88 Å². The van der Waals surface area contributed by atoms with Gasteiger partial charge in [0, 0.05) is 46.3 Å². The third kappa shape index (κ3) is 3.74. The molecule has 1 aliphatic heterocycles.